The second-order valence-electron chi connectivity index (χ2n) is 5.68. The third-order valence-electron chi connectivity index (χ3n) is 3.73. The lowest BCUT2D eigenvalue weighted by molar-refractivity contribution is 0.150. The van der Waals surface area contributed by atoms with Gasteiger partial charge in [0.15, 0.2) is 0 Å². The van der Waals surface area contributed by atoms with E-state index in [0.29, 0.717) is 18.1 Å². The molecule has 2 N–H and O–H groups in total. The van der Waals surface area contributed by atoms with Crippen LogP contribution in [-0.2, 0) is 6.42 Å². The molecule has 5 nitrogen and oxygen atoms in total. The zero-order valence-electron chi connectivity index (χ0n) is 13.5. The molecule has 0 aromatic carbocycles. The number of nitrogens with zero attached hydrogens (tertiary/aromatic N) is 3. The third kappa shape index (κ3) is 4.57. The molecule has 122 valence electrons. The van der Waals surface area contributed by atoms with Gasteiger partial charge in [-0.1, -0.05) is 19.6 Å². The van der Waals surface area contributed by atoms with Crippen molar-refractivity contribution >= 4 is 17.7 Å². The molecule has 1 unspecified atom stereocenters. The van der Waals surface area contributed by atoms with Crippen molar-refractivity contribution in [3.63, 3.8) is 0 Å². The van der Waals surface area contributed by atoms with Crippen LogP contribution in [0.4, 0.5) is 5.95 Å². The molecule has 0 saturated carbocycles. The van der Waals surface area contributed by atoms with Gasteiger partial charge in [0.2, 0.25) is 5.95 Å². The Morgan fingerprint density at radius 1 is 1.61 bits per heavy atom. The second-order valence-corrected chi connectivity index (χ2v) is 6.47. The van der Waals surface area contributed by atoms with Crippen molar-refractivity contribution in [3.8, 4) is 6.07 Å². The highest BCUT2D eigenvalue weighted by atomic mass is 32.2. The maximum atomic E-state index is 10.2. The van der Waals surface area contributed by atoms with E-state index < -0.39 is 6.10 Å². The summed E-state index contributed by atoms with van der Waals surface area (Å²) in [4.78, 5) is 9.00. The number of thioether (sulfide) groups is 1. The normalized spacial score (nSPS) is 18.3. The van der Waals surface area contributed by atoms with Gasteiger partial charge in [-0.25, -0.2) is 9.97 Å². The molecule has 0 fully saturated rings. The molecular weight excluding hydrogens is 308 g/mol. The van der Waals surface area contributed by atoms with Crippen molar-refractivity contribution in [2.45, 2.75) is 43.7 Å². The fourth-order valence-corrected chi connectivity index (χ4v) is 3.13. The summed E-state index contributed by atoms with van der Waals surface area (Å²) < 4.78 is 0. The number of nitrogens with one attached hydrogen (secondary N) is 1. The molecule has 0 amide bonds. The van der Waals surface area contributed by atoms with Crippen molar-refractivity contribution < 1.29 is 5.11 Å². The summed E-state index contributed by atoms with van der Waals surface area (Å²) in [5, 5.41) is 22.8. The van der Waals surface area contributed by atoms with Gasteiger partial charge >= 0.3 is 0 Å². The van der Waals surface area contributed by atoms with Crippen molar-refractivity contribution in [1.82, 2.24) is 9.97 Å². The Morgan fingerprint density at radius 3 is 3.09 bits per heavy atom. The van der Waals surface area contributed by atoms with Crippen LogP contribution in [0.15, 0.2) is 29.5 Å². The maximum Gasteiger partial charge on any atom is 0.228 e. The molecule has 0 radical (unpaired) electrons. The van der Waals surface area contributed by atoms with E-state index in [-0.39, 0.29) is 5.92 Å². The molecule has 1 aliphatic carbocycles. The minimum atomic E-state index is -0.521. The second kappa shape index (κ2) is 8.14. The van der Waals surface area contributed by atoms with Crippen LogP contribution in [0.25, 0.3) is 0 Å². The summed E-state index contributed by atoms with van der Waals surface area (Å²) in [6, 6.07) is 2.14. The highest BCUT2D eigenvalue weighted by molar-refractivity contribution is 7.98. The first-order valence-electron chi connectivity index (χ1n) is 7.69. The van der Waals surface area contributed by atoms with E-state index in [1.807, 2.05) is 25.3 Å². The molecule has 0 spiro atoms. The van der Waals surface area contributed by atoms with Crippen LogP contribution in [0.3, 0.4) is 0 Å². The Morgan fingerprint density at radius 2 is 2.39 bits per heavy atom. The maximum absolute atomic E-state index is 10.2. The Kier molecular flexibility index (Phi) is 6.20. The first-order valence-corrected chi connectivity index (χ1v) is 8.91. The average molecular weight is 330 g/mol. The number of aromatic nitrogens is 2. The zero-order valence-corrected chi connectivity index (χ0v) is 14.4. The van der Waals surface area contributed by atoms with E-state index in [4.69, 9.17) is 5.26 Å². The fraction of sp³-hybridized carbons (Fsp3) is 0.471. The molecular formula is C17H22N4OS. The minimum absolute atomic E-state index is 0.173. The van der Waals surface area contributed by atoms with E-state index in [1.54, 1.807) is 11.8 Å². The Hall–Kier alpha value is -1.84. The fourth-order valence-electron chi connectivity index (χ4n) is 2.50. The standard InChI is InChI=1S/C17H22N4OS/c1-11(9-10-18)7-8-12(2)19-17-20-15-13(16(21-17)23-3)5-4-6-14(15)22/h7-8,11,14,22H,2,4-6,9H2,1,3H3,(H,19,20,21)/b8-7-/t11?,14-/m0/s1. The van der Waals surface area contributed by atoms with E-state index in [2.05, 4.69) is 27.9 Å². The summed E-state index contributed by atoms with van der Waals surface area (Å²) in [6.07, 6.45) is 8.31. The molecule has 1 heterocycles. The smallest absolute Gasteiger partial charge is 0.228 e. The number of hydrogen-bond donors (Lipinski definition) is 2. The topological polar surface area (TPSA) is 81.8 Å². The van der Waals surface area contributed by atoms with Crippen LogP contribution < -0.4 is 5.32 Å². The predicted octanol–water partition coefficient (Wildman–Crippen LogP) is 3.60. The van der Waals surface area contributed by atoms with Crippen LogP contribution in [0.1, 0.15) is 43.5 Å². The number of fused-ring (bicyclic) bond motifs is 1. The average Bonchev–Trinajstić information content (AvgIpc) is 2.53. The summed E-state index contributed by atoms with van der Waals surface area (Å²) in [6.45, 7) is 5.92. The molecule has 23 heavy (non-hydrogen) atoms. The van der Waals surface area contributed by atoms with E-state index in [9.17, 15) is 5.11 Å². The zero-order chi connectivity index (χ0) is 16.8. The molecule has 1 aromatic rings. The summed E-state index contributed by atoms with van der Waals surface area (Å²) in [5.74, 6) is 0.628. The number of anilines is 1. The molecule has 0 saturated heterocycles. The van der Waals surface area contributed by atoms with Gasteiger partial charge in [0.05, 0.1) is 17.9 Å². The van der Waals surface area contributed by atoms with Gasteiger partial charge < -0.3 is 10.4 Å². The first-order chi connectivity index (χ1) is 11.0. The lowest BCUT2D eigenvalue weighted by atomic mass is 9.95. The number of rotatable bonds is 6. The molecule has 0 aliphatic heterocycles. The Labute approximate surface area is 141 Å². The minimum Gasteiger partial charge on any atom is -0.387 e. The molecule has 1 aliphatic rings. The number of hydrogen-bond acceptors (Lipinski definition) is 6. The van der Waals surface area contributed by atoms with E-state index in [1.165, 1.54) is 0 Å². The largest absolute Gasteiger partial charge is 0.387 e. The number of allylic oxidation sites excluding steroid dienone is 2. The monoisotopic (exact) mass is 330 g/mol. The summed E-state index contributed by atoms with van der Waals surface area (Å²) >= 11 is 1.57. The van der Waals surface area contributed by atoms with Gasteiger partial charge in [-0.3, -0.25) is 0 Å². The van der Waals surface area contributed by atoms with Crippen molar-refractivity contribution in [2.24, 2.45) is 5.92 Å². The molecule has 0 bridgehead atoms. The van der Waals surface area contributed by atoms with Crippen molar-refractivity contribution in [1.29, 1.82) is 5.26 Å². The van der Waals surface area contributed by atoms with Gasteiger partial charge in [-0.05, 0) is 37.5 Å². The number of aliphatic hydroxyl groups is 1. The Bertz CT molecular complexity index is 651. The summed E-state index contributed by atoms with van der Waals surface area (Å²) in [5.41, 5.74) is 2.45. The highest BCUT2D eigenvalue weighted by Crippen LogP contribution is 2.33. The number of aliphatic hydroxyl groups excluding tert-OH is 1. The van der Waals surface area contributed by atoms with Gasteiger partial charge in [0.25, 0.3) is 0 Å². The third-order valence-corrected chi connectivity index (χ3v) is 4.45. The lowest BCUT2D eigenvalue weighted by Crippen LogP contribution is -2.16. The van der Waals surface area contributed by atoms with Crippen molar-refractivity contribution in [2.75, 3.05) is 11.6 Å². The first kappa shape index (κ1) is 17.5. The van der Waals surface area contributed by atoms with Gasteiger partial charge in [-0.2, -0.15) is 5.26 Å². The lowest BCUT2D eigenvalue weighted by Gasteiger charge is -2.22. The van der Waals surface area contributed by atoms with Crippen LogP contribution in [0.2, 0.25) is 0 Å². The predicted molar refractivity (Wildman–Crippen MR) is 93.0 cm³/mol. The van der Waals surface area contributed by atoms with E-state index >= 15 is 0 Å². The molecule has 2 atom stereocenters. The Balaban J connectivity index is 2.16. The quantitative estimate of drug-likeness (QED) is 0.471. The van der Waals surface area contributed by atoms with Gasteiger partial charge in [-0.15, -0.1) is 11.8 Å². The molecule has 1 aromatic heterocycles. The van der Waals surface area contributed by atoms with Crippen LogP contribution >= 0.6 is 11.8 Å². The van der Waals surface area contributed by atoms with Gasteiger partial charge in [0.1, 0.15) is 5.03 Å². The van der Waals surface area contributed by atoms with Crippen LogP contribution in [-0.4, -0.2) is 21.3 Å². The molecule has 6 heteroatoms. The van der Waals surface area contributed by atoms with Crippen LogP contribution in [0.5, 0.6) is 0 Å². The SMILES string of the molecule is C=C(/C=C\C(C)CC#N)Nc1nc(SC)c2c(n1)[C@@H](O)CCC2. The molecule has 2 rings (SSSR count). The summed E-state index contributed by atoms with van der Waals surface area (Å²) in [7, 11) is 0. The van der Waals surface area contributed by atoms with E-state index in [0.717, 1.165) is 35.5 Å². The van der Waals surface area contributed by atoms with Gasteiger partial charge in [0, 0.05) is 17.7 Å². The highest BCUT2D eigenvalue weighted by Gasteiger charge is 2.24. The van der Waals surface area contributed by atoms with Crippen LogP contribution in [0, 0.1) is 17.2 Å². The number of nitriles is 1. The van der Waals surface area contributed by atoms with Crippen molar-refractivity contribution in [3.05, 3.63) is 35.7 Å².